The van der Waals surface area contributed by atoms with Crippen LogP contribution in [0.1, 0.15) is 39.5 Å². The Morgan fingerprint density at radius 1 is 1.17 bits per heavy atom. The monoisotopic (exact) mass is 408 g/mol. The van der Waals surface area contributed by atoms with E-state index in [4.69, 9.17) is 0 Å². The van der Waals surface area contributed by atoms with Crippen LogP contribution in [0, 0.1) is 13.8 Å². The van der Waals surface area contributed by atoms with Crippen LogP contribution in [0.5, 0.6) is 0 Å². The second kappa shape index (κ2) is 8.21. The second-order valence-corrected chi connectivity index (χ2v) is 8.20. The molecule has 1 unspecified atom stereocenters. The number of para-hydroxylation sites is 1. The highest BCUT2D eigenvalue weighted by atomic mass is 32.1. The molecule has 2 aromatic heterocycles. The SMILES string of the molecule is Cc1nn(-c2ccccc2)c(C)c1CNC(=O)C1CCCN1C(=O)c1cccs1. The number of carbonyl (C=O) groups is 2. The first-order valence-electron chi connectivity index (χ1n) is 9.79. The van der Waals surface area contributed by atoms with E-state index in [1.54, 1.807) is 4.90 Å². The molecule has 3 aromatic rings. The third kappa shape index (κ3) is 3.82. The Morgan fingerprint density at radius 2 is 1.97 bits per heavy atom. The van der Waals surface area contributed by atoms with Crippen LogP contribution in [0.25, 0.3) is 5.69 Å². The maximum absolute atomic E-state index is 12.9. The fourth-order valence-corrected chi connectivity index (χ4v) is 4.55. The largest absolute Gasteiger partial charge is 0.350 e. The van der Waals surface area contributed by atoms with Gasteiger partial charge in [-0.05, 0) is 50.3 Å². The van der Waals surface area contributed by atoms with Gasteiger partial charge in [0.25, 0.3) is 5.91 Å². The molecule has 0 aliphatic carbocycles. The summed E-state index contributed by atoms with van der Waals surface area (Å²) in [5, 5.41) is 9.55. The number of aryl methyl sites for hydroxylation is 1. The Balaban J connectivity index is 1.46. The van der Waals surface area contributed by atoms with Crippen molar-refractivity contribution < 1.29 is 9.59 Å². The summed E-state index contributed by atoms with van der Waals surface area (Å²) >= 11 is 1.41. The number of rotatable bonds is 5. The zero-order valence-electron chi connectivity index (χ0n) is 16.6. The lowest BCUT2D eigenvalue weighted by atomic mass is 10.1. The fourth-order valence-electron chi connectivity index (χ4n) is 3.87. The molecule has 0 bridgehead atoms. The number of aromatic nitrogens is 2. The van der Waals surface area contributed by atoms with Gasteiger partial charge in [0.1, 0.15) is 6.04 Å². The summed E-state index contributed by atoms with van der Waals surface area (Å²) in [5.74, 6) is -0.152. The molecule has 1 aliphatic rings. The quantitative estimate of drug-likeness (QED) is 0.703. The van der Waals surface area contributed by atoms with Crippen LogP contribution in [-0.4, -0.2) is 39.1 Å². The van der Waals surface area contributed by atoms with E-state index in [1.807, 2.05) is 66.4 Å². The lowest BCUT2D eigenvalue weighted by molar-refractivity contribution is -0.125. The predicted molar refractivity (Wildman–Crippen MR) is 113 cm³/mol. The number of nitrogens with one attached hydrogen (secondary N) is 1. The topological polar surface area (TPSA) is 67.2 Å². The van der Waals surface area contributed by atoms with E-state index in [0.29, 0.717) is 24.4 Å². The molecule has 6 nitrogen and oxygen atoms in total. The minimum absolute atomic E-state index is 0.0538. The van der Waals surface area contributed by atoms with Crippen LogP contribution >= 0.6 is 11.3 Å². The molecule has 1 N–H and O–H groups in total. The van der Waals surface area contributed by atoms with Gasteiger partial charge in [0.15, 0.2) is 0 Å². The van der Waals surface area contributed by atoms with Gasteiger partial charge < -0.3 is 10.2 Å². The Bertz CT molecular complexity index is 1010. The maximum atomic E-state index is 12.9. The summed E-state index contributed by atoms with van der Waals surface area (Å²) in [4.78, 5) is 28.0. The van der Waals surface area contributed by atoms with Gasteiger partial charge in [-0.3, -0.25) is 9.59 Å². The molecule has 4 rings (SSSR count). The molecule has 7 heteroatoms. The van der Waals surface area contributed by atoms with Gasteiger partial charge >= 0.3 is 0 Å². The van der Waals surface area contributed by atoms with Crippen molar-refractivity contribution in [2.45, 2.75) is 39.3 Å². The van der Waals surface area contributed by atoms with E-state index in [1.165, 1.54) is 11.3 Å². The van der Waals surface area contributed by atoms with Gasteiger partial charge in [0.2, 0.25) is 5.91 Å². The van der Waals surface area contributed by atoms with Crippen molar-refractivity contribution in [1.29, 1.82) is 0 Å². The minimum Gasteiger partial charge on any atom is -0.350 e. The number of benzene rings is 1. The summed E-state index contributed by atoms with van der Waals surface area (Å²) in [6.07, 6.45) is 1.55. The highest BCUT2D eigenvalue weighted by molar-refractivity contribution is 7.12. The summed E-state index contributed by atoms with van der Waals surface area (Å²) in [6, 6.07) is 13.2. The van der Waals surface area contributed by atoms with E-state index >= 15 is 0 Å². The van der Waals surface area contributed by atoms with E-state index in [2.05, 4.69) is 10.4 Å². The van der Waals surface area contributed by atoms with Crippen LogP contribution in [0.15, 0.2) is 47.8 Å². The first-order valence-corrected chi connectivity index (χ1v) is 10.7. The molecule has 2 amide bonds. The molecular formula is C22H24N4O2S. The molecule has 0 spiro atoms. The molecule has 150 valence electrons. The van der Waals surface area contributed by atoms with Gasteiger partial charge in [0.05, 0.1) is 16.3 Å². The number of carbonyl (C=O) groups excluding carboxylic acids is 2. The zero-order chi connectivity index (χ0) is 20.4. The van der Waals surface area contributed by atoms with E-state index in [-0.39, 0.29) is 11.8 Å². The van der Waals surface area contributed by atoms with Gasteiger partial charge in [-0.1, -0.05) is 24.3 Å². The highest BCUT2D eigenvalue weighted by Crippen LogP contribution is 2.23. The standard InChI is InChI=1S/C22H24N4O2S/c1-15-18(16(2)26(24-15)17-8-4-3-5-9-17)14-23-21(27)19-10-6-12-25(19)22(28)20-11-7-13-29-20/h3-5,7-9,11,13,19H,6,10,12,14H2,1-2H3,(H,23,27). The van der Waals surface area contributed by atoms with E-state index < -0.39 is 6.04 Å². The van der Waals surface area contributed by atoms with Crippen molar-refractivity contribution >= 4 is 23.2 Å². The first-order chi connectivity index (χ1) is 14.1. The molecule has 0 saturated carbocycles. The van der Waals surface area contributed by atoms with Crippen molar-refractivity contribution in [3.63, 3.8) is 0 Å². The van der Waals surface area contributed by atoms with Crippen LogP contribution < -0.4 is 5.32 Å². The smallest absolute Gasteiger partial charge is 0.264 e. The fraction of sp³-hybridized carbons (Fsp3) is 0.318. The average molecular weight is 409 g/mol. The van der Waals surface area contributed by atoms with Crippen LogP contribution in [-0.2, 0) is 11.3 Å². The number of hydrogen-bond donors (Lipinski definition) is 1. The van der Waals surface area contributed by atoms with Crippen LogP contribution in [0.4, 0.5) is 0 Å². The number of thiophene rings is 1. The third-order valence-electron chi connectivity index (χ3n) is 5.43. The zero-order valence-corrected chi connectivity index (χ0v) is 17.4. The molecule has 3 heterocycles. The lowest BCUT2D eigenvalue weighted by Gasteiger charge is -2.23. The second-order valence-electron chi connectivity index (χ2n) is 7.25. The summed E-state index contributed by atoms with van der Waals surface area (Å²) < 4.78 is 1.90. The Morgan fingerprint density at radius 3 is 2.69 bits per heavy atom. The van der Waals surface area contributed by atoms with Crippen molar-refractivity contribution in [3.8, 4) is 5.69 Å². The minimum atomic E-state index is -0.408. The Labute approximate surface area is 174 Å². The summed E-state index contributed by atoms with van der Waals surface area (Å²) in [7, 11) is 0. The lowest BCUT2D eigenvalue weighted by Crippen LogP contribution is -2.45. The predicted octanol–water partition coefficient (Wildman–Crippen LogP) is 3.47. The molecule has 1 saturated heterocycles. The molecule has 1 aromatic carbocycles. The number of likely N-dealkylation sites (tertiary alicyclic amines) is 1. The molecule has 29 heavy (non-hydrogen) atoms. The molecule has 1 atom stereocenters. The van der Waals surface area contributed by atoms with Crippen LogP contribution in [0.3, 0.4) is 0 Å². The van der Waals surface area contributed by atoms with E-state index in [0.717, 1.165) is 29.1 Å². The van der Waals surface area contributed by atoms with Crippen molar-refractivity contribution in [3.05, 3.63) is 69.7 Å². The Kier molecular flexibility index (Phi) is 5.49. The summed E-state index contributed by atoms with van der Waals surface area (Å²) in [5.41, 5.74) is 3.90. The molecule has 1 aliphatic heterocycles. The molecular weight excluding hydrogens is 384 g/mol. The number of amides is 2. The van der Waals surface area contributed by atoms with Gasteiger partial charge in [-0.25, -0.2) is 4.68 Å². The van der Waals surface area contributed by atoms with E-state index in [9.17, 15) is 9.59 Å². The van der Waals surface area contributed by atoms with Crippen molar-refractivity contribution in [2.24, 2.45) is 0 Å². The first kappa shape index (κ1) is 19.4. The van der Waals surface area contributed by atoms with Crippen molar-refractivity contribution in [1.82, 2.24) is 20.0 Å². The third-order valence-corrected chi connectivity index (χ3v) is 6.29. The average Bonchev–Trinajstić information content (AvgIpc) is 3.48. The Hall–Kier alpha value is -2.93. The number of hydrogen-bond acceptors (Lipinski definition) is 4. The van der Waals surface area contributed by atoms with Crippen molar-refractivity contribution in [2.75, 3.05) is 6.54 Å². The molecule has 1 fully saturated rings. The van der Waals surface area contributed by atoms with Crippen LogP contribution in [0.2, 0.25) is 0 Å². The van der Waals surface area contributed by atoms with Gasteiger partial charge in [-0.2, -0.15) is 5.10 Å². The van der Waals surface area contributed by atoms with Gasteiger partial charge in [0, 0.05) is 24.3 Å². The highest BCUT2D eigenvalue weighted by Gasteiger charge is 2.34. The maximum Gasteiger partial charge on any atom is 0.264 e. The normalized spacial score (nSPS) is 16.2. The summed E-state index contributed by atoms with van der Waals surface area (Å²) in [6.45, 7) is 4.99. The number of nitrogens with zero attached hydrogens (tertiary/aromatic N) is 3. The van der Waals surface area contributed by atoms with Gasteiger partial charge in [-0.15, -0.1) is 11.3 Å². The molecule has 0 radical (unpaired) electrons.